The van der Waals surface area contributed by atoms with Crippen molar-refractivity contribution >= 4 is 12.6 Å². The molecule has 1 aromatic rings. The smallest absolute Gasteiger partial charge is 0.119 e. The summed E-state index contributed by atoms with van der Waals surface area (Å²) in [4.78, 5) is 0. The lowest BCUT2D eigenvalue weighted by Gasteiger charge is -2.32. The number of hydrogen-bond acceptors (Lipinski definition) is 2. The lowest BCUT2D eigenvalue weighted by molar-refractivity contribution is 0.143. The fourth-order valence-electron chi connectivity index (χ4n) is 2.82. The number of benzene rings is 1. The molecule has 0 saturated heterocycles. The van der Waals surface area contributed by atoms with Crippen molar-refractivity contribution in [3.8, 4) is 5.75 Å². The van der Waals surface area contributed by atoms with Gasteiger partial charge < -0.3 is 4.74 Å². The van der Waals surface area contributed by atoms with E-state index in [9.17, 15) is 0 Å². The summed E-state index contributed by atoms with van der Waals surface area (Å²) in [5.74, 6) is 1.87. The van der Waals surface area contributed by atoms with Gasteiger partial charge in [0.25, 0.3) is 0 Å². The van der Waals surface area contributed by atoms with Crippen molar-refractivity contribution in [3.05, 3.63) is 29.8 Å². The molecule has 0 aliphatic rings. The molecule has 0 bridgehead atoms. The molecule has 0 aliphatic heterocycles. The molecule has 1 aromatic carbocycles. The van der Waals surface area contributed by atoms with Gasteiger partial charge >= 0.3 is 0 Å². The van der Waals surface area contributed by atoms with Crippen LogP contribution in [0.3, 0.4) is 0 Å². The normalized spacial score (nSPS) is 12.5. The van der Waals surface area contributed by atoms with Crippen LogP contribution in [0.25, 0.3) is 0 Å². The molecule has 1 rings (SSSR count). The van der Waals surface area contributed by atoms with Crippen molar-refractivity contribution in [2.45, 2.75) is 65.7 Å². The molecule has 0 atom stereocenters. The Hall–Kier alpha value is -0.630. The molecule has 0 radical (unpaired) electrons. The molecule has 0 amide bonds. The summed E-state index contributed by atoms with van der Waals surface area (Å²) in [6, 6.07) is 8.55. The lowest BCUT2D eigenvalue weighted by Crippen LogP contribution is -2.30. The van der Waals surface area contributed by atoms with Crippen LogP contribution in [0.2, 0.25) is 0 Å². The number of hydrogen-bond donors (Lipinski definition) is 1. The first-order valence-corrected chi connectivity index (χ1v) is 8.84. The van der Waals surface area contributed by atoms with Crippen LogP contribution in [0.4, 0.5) is 0 Å². The molecule has 0 aromatic heterocycles. The molecular weight excluding hydrogens is 276 g/mol. The van der Waals surface area contributed by atoms with Crippen LogP contribution >= 0.6 is 12.6 Å². The SMILES string of the molecule is CCCC(CS)(CCC)COc1ccc(C(C)(C)C)cc1. The first-order valence-electron chi connectivity index (χ1n) is 8.21. The van der Waals surface area contributed by atoms with Crippen LogP contribution in [0.5, 0.6) is 5.75 Å². The Kier molecular flexibility index (Phi) is 7.12. The van der Waals surface area contributed by atoms with E-state index in [0.29, 0.717) is 0 Å². The van der Waals surface area contributed by atoms with E-state index < -0.39 is 0 Å². The molecule has 0 unspecified atom stereocenters. The number of ether oxygens (including phenoxy) is 1. The lowest BCUT2D eigenvalue weighted by atomic mass is 9.82. The maximum absolute atomic E-state index is 6.09. The Balaban J connectivity index is 2.71. The Morgan fingerprint density at radius 2 is 1.48 bits per heavy atom. The zero-order chi connectivity index (χ0) is 15.9. The van der Waals surface area contributed by atoms with E-state index in [1.165, 1.54) is 31.2 Å². The fraction of sp³-hybridized carbons (Fsp3) is 0.684. The predicted molar refractivity (Wildman–Crippen MR) is 96.7 cm³/mol. The zero-order valence-corrected chi connectivity index (χ0v) is 15.3. The Labute approximate surface area is 136 Å². The second kappa shape index (κ2) is 8.12. The van der Waals surface area contributed by atoms with Crippen molar-refractivity contribution in [1.29, 1.82) is 0 Å². The third-order valence-corrected chi connectivity index (χ3v) is 4.83. The highest BCUT2D eigenvalue weighted by atomic mass is 32.1. The van der Waals surface area contributed by atoms with Gasteiger partial charge in [0.1, 0.15) is 5.75 Å². The molecule has 0 fully saturated rings. The molecule has 21 heavy (non-hydrogen) atoms. The van der Waals surface area contributed by atoms with Gasteiger partial charge in [0.15, 0.2) is 0 Å². The number of thiol groups is 1. The van der Waals surface area contributed by atoms with Gasteiger partial charge in [-0.15, -0.1) is 0 Å². The average molecular weight is 309 g/mol. The zero-order valence-electron chi connectivity index (χ0n) is 14.4. The van der Waals surface area contributed by atoms with E-state index in [2.05, 4.69) is 71.5 Å². The minimum atomic E-state index is 0.192. The average Bonchev–Trinajstić information content (AvgIpc) is 2.45. The van der Waals surface area contributed by atoms with Gasteiger partial charge in [-0.2, -0.15) is 12.6 Å². The molecule has 120 valence electrons. The second-order valence-corrected chi connectivity index (χ2v) is 7.54. The van der Waals surface area contributed by atoms with Crippen LogP contribution in [-0.2, 0) is 5.41 Å². The van der Waals surface area contributed by atoms with Crippen LogP contribution < -0.4 is 4.74 Å². The second-order valence-electron chi connectivity index (χ2n) is 7.22. The summed E-state index contributed by atoms with van der Waals surface area (Å²) in [7, 11) is 0. The van der Waals surface area contributed by atoms with E-state index in [1.54, 1.807) is 0 Å². The van der Waals surface area contributed by atoms with E-state index in [4.69, 9.17) is 4.74 Å². The van der Waals surface area contributed by atoms with E-state index in [1.807, 2.05) is 0 Å². The summed E-state index contributed by atoms with van der Waals surface area (Å²) < 4.78 is 6.09. The summed E-state index contributed by atoms with van der Waals surface area (Å²) in [6.45, 7) is 12.0. The third kappa shape index (κ3) is 5.58. The molecule has 0 N–H and O–H groups in total. The van der Waals surface area contributed by atoms with Crippen molar-refractivity contribution < 1.29 is 4.74 Å². The van der Waals surface area contributed by atoms with Gasteiger partial charge in [0, 0.05) is 5.41 Å². The summed E-state index contributed by atoms with van der Waals surface area (Å²) in [5, 5.41) is 0. The highest BCUT2D eigenvalue weighted by Gasteiger charge is 2.27. The molecule has 0 heterocycles. The Bertz CT molecular complexity index is 397. The molecule has 0 spiro atoms. The molecule has 1 nitrogen and oxygen atoms in total. The molecular formula is C19H32OS. The maximum Gasteiger partial charge on any atom is 0.119 e. The van der Waals surface area contributed by atoms with Gasteiger partial charge in [-0.05, 0) is 41.7 Å². The van der Waals surface area contributed by atoms with Gasteiger partial charge in [-0.25, -0.2) is 0 Å². The highest BCUT2D eigenvalue weighted by molar-refractivity contribution is 7.80. The topological polar surface area (TPSA) is 9.23 Å². The largest absolute Gasteiger partial charge is 0.493 e. The monoisotopic (exact) mass is 308 g/mol. The molecule has 0 aliphatic carbocycles. The number of rotatable bonds is 8. The van der Waals surface area contributed by atoms with E-state index in [-0.39, 0.29) is 10.8 Å². The van der Waals surface area contributed by atoms with E-state index in [0.717, 1.165) is 18.1 Å². The summed E-state index contributed by atoms with van der Waals surface area (Å²) in [5.41, 5.74) is 1.75. The van der Waals surface area contributed by atoms with Crippen LogP contribution in [0.15, 0.2) is 24.3 Å². The quantitative estimate of drug-likeness (QED) is 0.590. The van der Waals surface area contributed by atoms with Crippen LogP contribution in [-0.4, -0.2) is 12.4 Å². The predicted octanol–water partition coefficient (Wildman–Crippen LogP) is 5.88. The molecule has 0 saturated carbocycles. The van der Waals surface area contributed by atoms with Gasteiger partial charge in [-0.1, -0.05) is 59.6 Å². The minimum Gasteiger partial charge on any atom is -0.493 e. The van der Waals surface area contributed by atoms with Crippen molar-refractivity contribution in [2.75, 3.05) is 12.4 Å². The van der Waals surface area contributed by atoms with Gasteiger partial charge in [0.05, 0.1) is 6.61 Å². The highest BCUT2D eigenvalue weighted by Crippen LogP contribution is 2.32. The van der Waals surface area contributed by atoms with Crippen LogP contribution in [0, 0.1) is 5.41 Å². The fourth-order valence-corrected chi connectivity index (χ4v) is 3.23. The van der Waals surface area contributed by atoms with Crippen LogP contribution in [0.1, 0.15) is 65.9 Å². The van der Waals surface area contributed by atoms with Crippen molar-refractivity contribution in [2.24, 2.45) is 5.41 Å². The van der Waals surface area contributed by atoms with Crippen molar-refractivity contribution in [3.63, 3.8) is 0 Å². The maximum atomic E-state index is 6.09. The first kappa shape index (κ1) is 18.4. The minimum absolute atomic E-state index is 0.192. The Morgan fingerprint density at radius 3 is 1.86 bits per heavy atom. The standard InChI is InChI=1S/C19H32OS/c1-6-12-19(15-21,13-7-2)14-20-17-10-8-16(9-11-17)18(3,4)5/h8-11,21H,6-7,12-15H2,1-5H3. The molecule has 2 heteroatoms. The van der Waals surface area contributed by atoms with Gasteiger partial charge in [-0.3, -0.25) is 0 Å². The van der Waals surface area contributed by atoms with Crippen molar-refractivity contribution in [1.82, 2.24) is 0 Å². The Morgan fingerprint density at radius 1 is 0.952 bits per heavy atom. The first-order chi connectivity index (χ1) is 9.87. The third-order valence-electron chi connectivity index (χ3n) is 4.16. The van der Waals surface area contributed by atoms with Gasteiger partial charge in [0.2, 0.25) is 0 Å². The summed E-state index contributed by atoms with van der Waals surface area (Å²) >= 11 is 4.59. The summed E-state index contributed by atoms with van der Waals surface area (Å²) in [6.07, 6.45) is 4.74. The van der Waals surface area contributed by atoms with E-state index >= 15 is 0 Å².